The molecule has 3 aromatic rings. The molecule has 33 heavy (non-hydrogen) atoms. The molecule has 0 heterocycles. The number of halogens is 1. The molecule has 174 valence electrons. The second-order valence-corrected chi connectivity index (χ2v) is 9.87. The van der Waals surface area contributed by atoms with Gasteiger partial charge < -0.3 is 10.1 Å². The van der Waals surface area contributed by atoms with E-state index in [9.17, 15) is 13.2 Å². The van der Waals surface area contributed by atoms with Crippen LogP contribution >= 0.6 is 11.6 Å². The van der Waals surface area contributed by atoms with E-state index in [0.717, 1.165) is 18.6 Å². The first kappa shape index (κ1) is 24.6. The number of ether oxygens (including phenoxy) is 1. The first-order chi connectivity index (χ1) is 15.7. The molecule has 0 unspecified atom stereocenters. The van der Waals surface area contributed by atoms with Gasteiger partial charge in [0, 0.05) is 12.1 Å². The lowest BCUT2D eigenvalue weighted by Gasteiger charge is -2.11. The molecular formula is C25H27ClN2O4S. The van der Waals surface area contributed by atoms with Gasteiger partial charge in [-0.1, -0.05) is 41.9 Å². The summed E-state index contributed by atoms with van der Waals surface area (Å²) in [6, 6.07) is 20.4. The molecule has 0 spiro atoms. The number of amides is 1. The van der Waals surface area contributed by atoms with Crippen LogP contribution in [0.3, 0.4) is 0 Å². The maximum Gasteiger partial charge on any atom is 0.261 e. The normalized spacial score (nSPS) is 11.3. The van der Waals surface area contributed by atoms with Crippen LogP contribution in [0.15, 0.2) is 77.7 Å². The average Bonchev–Trinajstić information content (AvgIpc) is 2.79. The third kappa shape index (κ3) is 7.23. The van der Waals surface area contributed by atoms with Crippen LogP contribution in [0.1, 0.15) is 36.2 Å². The zero-order chi connectivity index (χ0) is 23.8. The Bertz CT molecular complexity index is 1180. The van der Waals surface area contributed by atoms with Crippen LogP contribution in [-0.4, -0.2) is 27.0 Å². The molecule has 0 saturated heterocycles. The number of anilines is 1. The highest BCUT2D eigenvalue weighted by Gasteiger charge is 2.16. The van der Waals surface area contributed by atoms with Crippen LogP contribution in [-0.2, 0) is 16.4 Å². The number of aryl methyl sites for hydroxylation is 1. The Labute approximate surface area is 200 Å². The summed E-state index contributed by atoms with van der Waals surface area (Å²) in [6.07, 6.45) is 1.74. The van der Waals surface area contributed by atoms with Crippen molar-refractivity contribution in [2.24, 2.45) is 0 Å². The second kappa shape index (κ2) is 11.2. The molecule has 0 radical (unpaired) electrons. The standard InChI is InChI=1S/C25H27ClN2O4S/c1-18(2)32-21-13-10-19(11-14-21)7-6-16-27-25(29)20-12-15-24(23(26)17-20)28-33(30,31)22-8-4-3-5-9-22/h3-5,8-15,17-18,28H,6-7,16H2,1-2H3,(H,27,29). The lowest BCUT2D eigenvalue weighted by atomic mass is 10.1. The van der Waals surface area contributed by atoms with E-state index in [2.05, 4.69) is 10.0 Å². The maximum atomic E-state index is 12.5. The molecule has 1 amide bonds. The molecule has 0 bridgehead atoms. The fraction of sp³-hybridized carbons (Fsp3) is 0.240. The minimum Gasteiger partial charge on any atom is -0.491 e. The third-order valence-electron chi connectivity index (χ3n) is 4.75. The van der Waals surface area contributed by atoms with Crippen molar-refractivity contribution in [3.63, 3.8) is 0 Å². The van der Waals surface area contributed by atoms with Crippen molar-refractivity contribution < 1.29 is 17.9 Å². The Morgan fingerprint density at radius 3 is 2.33 bits per heavy atom. The predicted octanol–water partition coefficient (Wildman–Crippen LogP) is 5.29. The number of sulfonamides is 1. The predicted molar refractivity (Wildman–Crippen MR) is 132 cm³/mol. The van der Waals surface area contributed by atoms with Crippen molar-refractivity contribution in [2.75, 3.05) is 11.3 Å². The molecule has 0 atom stereocenters. The lowest BCUT2D eigenvalue weighted by molar-refractivity contribution is 0.0953. The Morgan fingerprint density at radius 1 is 1.00 bits per heavy atom. The fourth-order valence-corrected chi connectivity index (χ4v) is 4.53. The number of nitrogens with one attached hydrogen (secondary N) is 2. The minimum absolute atomic E-state index is 0.130. The molecule has 0 saturated carbocycles. The molecule has 2 N–H and O–H groups in total. The van der Waals surface area contributed by atoms with Crippen LogP contribution in [0.25, 0.3) is 0 Å². The SMILES string of the molecule is CC(C)Oc1ccc(CCCNC(=O)c2ccc(NS(=O)(=O)c3ccccc3)c(Cl)c2)cc1. The summed E-state index contributed by atoms with van der Waals surface area (Å²) in [4.78, 5) is 12.6. The second-order valence-electron chi connectivity index (χ2n) is 7.78. The molecule has 0 fully saturated rings. The van der Waals surface area contributed by atoms with Gasteiger partial charge >= 0.3 is 0 Å². The zero-order valence-corrected chi connectivity index (χ0v) is 20.1. The van der Waals surface area contributed by atoms with E-state index >= 15 is 0 Å². The summed E-state index contributed by atoms with van der Waals surface area (Å²) in [5.74, 6) is 0.573. The molecule has 6 nitrogen and oxygen atoms in total. The molecule has 3 aromatic carbocycles. The number of carbonyl (C=O) groups excluding carboxylic acids is 1. The van der Waals surface area contributed by atoms with Crippen molar-refractivity contribution in [3.05, 3.63) is 88.9 Å². The first-order valence-electron chi connectivity index (χ1n) is 10.7. The average molecular weight is 487 g/mol. The largest absolute Gasteiger partial charge is 0.491 e. The Balaban J connectivity index is 1.51. The van der Waals surface area contributed by atoms with Gasteiger partial charge in [0.1, 0.15) is 5.75 Å². The topological polar surface area (TPSA) is 84.5 Å². The van der Waals surface area contributed by atoms with Gasteiger partial charge in [-0.3, -0.25) is 9.52 Å². The fourth-order valence-electron chi connectivity index (χ4n) is 3.15. The van der Waals surface area contributed by atoms with E-state index in [-0.39, 0.29) is 27.6 Å². The summed E-state index contributed by atoms with van der Waals surface area (Å²) < 4.78 is 33.0. The van der Waals surface area contributed by atoms with Gasteiger partial charge in [-0.25, -0.2) is 8.42 Å². The van der Waals surface area contributed by atoms with Gasteiger partial charge in [0.05, 0.1) is 21.7 Å². The van der Waals surface area contributed by atoms with Crippen molar-refractivity contribution in [1.29, 1.82) is 0 Å². The Kier molecular flexibility index (Phi) is 8.36. The van der Waals surface area contributed by atoms with Crippen LogP contribution in [0.2, 0.25) is 5.02 Å². The van der Waals surface area contributed by atoms with E-state index in [1.54, 1.807) is 18.2 Å². The number of rotatable bonds is 10. The number of hydrogen-bond donors (Lipinski definition) is 2. The van der Waals surface area contributed by atoms with Crippen molar-refractivity contribution in [3.8, 4) is 5.75 Å². The van der Waals surface area contributed by atoms with Gasteiger partial charge in [0.25, 0.3) is 15.9 Å². The minimum atomic E-state index is -3.76. The van der Waals surface area contributed by atoms with Crippen molar-refractivity contribution in [1.82, 2.24) is 5.32 Å². The molecule has 8 heteroatoms. The third-order valence-corrected chi connectivity index (χ3v) is 6.45. The highest BCUT2D eigenvalue weighted by atomic mass is 35.5. The summed E-state index contributed by atoms with van der Waals surface area (Å²) >= 11 is 6.24. The number of carbonyl (C=O) groups is 1. The van der Waals surface area contributed by atoms with E-state index in [1.165, 1.54) is 35.9 Å². The number of hydrogen-bond acceptors (Lipinski definition) is 4. The quantitative estimate of drug-likeness (QED) is 0.381. The molecule has 0 aliphatic heterocycles. The smallest absolute Gasteiger partial charge is 0.261 e. The van der Waals surface area contributed by atoms with Crippen LogP contribution in [0.4, 0.5) is 5.69 Å². The van der Waals surface area contributed by atoms with Crippen molar-refractivity contribution in [2.45, 2.75) is 37.7 Å². The molecule has 0 aliphatic rings. The summed E-state index contributed by atoms with van der Waals surface area (Å²) in [6.45, 7) is 4.48. The van der Waals surface area contributed by atoms with Gasteiger partial charge in [-0.05, 0) is 74.7 Å². The zero-order valence-electron chi connectivity index (χ0n) is 18.5. The Hall–Kier alpha value is -3.03. The van der Waals surface area contributed by atoms with Gasteiger partial charge in [-0.2, -0.15) is 0 Å². The summed E-state index contributed by atoms with van der Waals surface area (Å²) in [5, 5.41) is 3.01. The van der Waals surface area contributed by atoms with Crippen LogP contribution in [0, 0.1) is 0 Å². The van der Waals surface area contributed by atoms with Crippen molar-refractivity contribution >= 4 is 33.2 Å². The molecule has 0 aliphatic carbocycles. The highest BCUT2D eigenvalue weighted by molar-refractivity contribution is 7.92. The highest BCUT2D eigenvalue weighted by Crippen LogP contribution is 2.26. The van der Waals surface area contributed by atoms with E-state index in [4.69, 9.17) is 16.3 Å². The van der Waals surface area contributed by atoms with Gasteiger partial charge in [0.15, 0.2) is 0 Å². The van der Waals surface area contributed by atoms with Crippen LogP contribution < -0.4 is 14.8 Å². The number of benzene rings is 3. The van der Waals surface area contributed by atoms with E-state index in [0.29, 0.717) is 12.1 Å². The van der Waals surface area contributed by atoms with E-state index < -0.39 is 10.0 Å². The van der Waals surface area contributed by atoms with Gasteiger partial charge in [0.2, 0.25) is 0 Å². The molecule has 3 rings (SSSR count). The van der Waals surface area contributed by atoms with Crippen LogP contribution in [0.5, 0.6) is 5.75 Å². The first-order valence-corrected chi connectivity index (χ1v) is 12.5. The van der Waals surface area contributed by atoms with E-state index in [1.807, 2.05) is 38.1 Å². The lowest BCUT2D eigenvalue weighted by Crippen LogP contribution is -2.24. The summed E-state index contributed by atoms with van der Waals surface area (Å²) in [7, 11) is -3.76. The molecular weight excluding hydrogens is 460 g/mol. The summed E-state index contributed by atoms with van der Waals surface area (Å²) in [5.41, 5.74) is 1.73. The Morgan fingerprint density at radius 2 is 1.70 bits per heavy atom. The van der Waals surface area contributed by atoms with Gasteiger partial charge in [-0.15, -0.1) is 0 Å². The monoisotopic (exact) mass is 486 g/mol. The maximum absolute atomic E-state index is 12.5. The molecule has 0 aromatic heterocycles.